The lowest BCUT2D eigenvalue weighted by Crippen LogP contribution is -2.18. The van der Waals surface area contributed by atoms with Crippen LogP contribution in [0.2, 0.25) is 5.02 Å². The fourth-order valence-corrected chi connectivity index (χ4v) is 3.71. The SMILES string of the molecule is CNC(Cc1cc(Br)cs1)c1ccc(Br)c(Cl)c1. The zero-order valence-electron chi connectivity index (χ0n) is 9.71. The number of hydrogen-bond acceptors (Lipinski definition) is 2. The Morgan fingerprint density at radius 1 is 1.33 bits per heavy atom. The average molecular weight is 410 g/mol. The van der Waals surface area contributed by atoms with Gasteiger partial charge in [-0.2, -0.15) is 0 Å². The Morgan fingerprint density at radius 2 is 2.11 bits per heavy atom. The maximum atomic E-state index is 6.14. The minimum Gasteiger partial charge on any atom is -0.313 e. The van der Waals surface area contributed by atoms with E-state index < -0.39 is 0 Å². The normalized spacial score (nSPS) is 12.7. The maximum absolute atomic E-state index is 6.14. The van der Waals surface area contributed by atoms with E-state index in [-0.39, 0.29) is 6.04 Å². The van der Waals surface area contributed by atoms with E-state index in [4.69, 9.17) is 11.6 Å². The van der Waals surface area contributed by atoms with Crippen LogP contribution in [0.3, 0.4) is 0 Å². The second-order valence-electron chi connectivity index (χ2n) is 3.95. The summed E-state index contributed by atoms with van der Waals surface area (Å²) in [6, 6.07) is 8.54. The Kier molecular flexibility index (Phi) is 5.27. The van der Waals surface area contributed by atoms with E-state index in [1.54, 1.807) is 11.3 Å². The first-order chi connectivity index (χ1) is 8.60. The van der Waals surface area contributed by atoms with Crippen LogP contribution in [0.25, 0.3) is 0 Å². The van der Waals surface area contributed by atoms with Crippen molar-refractivity contribution in [2.75, 3.05) is 7.05 Å². The first-order valence-corrected chi connectivity index (χ1v) is 8.29. The molecule has 1 aromatic heterocycles. The van der Waals surface area contributed by atoms with Crippen molar-refractivity contribution in [1.29, 1.82) is 0 Å². The van der Waals surface area contributed by atoms with E-state index in [0.717, 1.165) is 20.4 Å². The highest BCUT2D eigenvalue weighted by atomic mass is 79.9. The molecule has 0 radical (unpaired) electrons. The number of hydrogen-bond donors (Lipinski definition) is 1. The summed E-state index contributed by atoms with van der Waals surface area (Å²) in [5, 5.41) is 6.20. The van der Waals surface area contributed by atoms with Gasteiger partial charge in [0.05, 0.1) is 5.02 Å². The minimum atomic E-state index is 0.279. The Hall–Kier alpha value is 0.130. The van der Waals surface area contributed by atoms with E-state index in [2.05, 4.69) is 54.7 Å². The van der Waals surface area contributed by atoms with E-state index in [0.29, 0.717) is 0 Å². The second-order valence-corrected chi connectivity index (χ2v) is 7.12. The highest BCUT2D eigenvalue weighted by Crippen LogP contribution is 2.29. The molecule has 0 amide bonds. The molecule has 1 unspecified atom stereocenters. The van der Waals surface area contributed by atoms with E-state index >= 15 is 0 Å². The fraction of sp³-hybridized carbons (Fsp3) is 0.231. The molecule has 0 aliphatic rings. The highest BCUT2D eigenvalue weighted by molar-refractivity contribution is 9.10. The molecule has 0 aliphatic carbocycles. The summed E-state index contributed by atoms with van der Waals surface area (Å²) < 4.78 is 2.08. The second kappa shape index (κ2) is 6.53. The number of nitrogens with one attached hydrogen (secondary N) is 1. The fourth-order valence-electron chi connectivity index (χ4n) is 1.78. The van der Waals surface area contributed by atoms with Crippen LogP contribution in [0.15, 0.2) is 38.6 Å². The summed E-state index contributed by atoms with van der Waals surface area (Å²) in [4.78, 5) is 1.35. The number of halogens is 3. The number of thiophene rings is 1. The van der Waals surface area contributed by atoms with Crippen molar-refractivity contribution in [1.82, 2.24) is 5.32 Å². The third-order valence-corrected chi connectivity index (χ3v) is 5.67. The smallest absolute Gasteiger partial charge is 0.0551 e. The lowest BCUT2D eigenvalue weighted by Gasteiger charge is -2.16. The summed E-state index contributed by atoms with van der Waals surface area (Å²) in [7, 11) is 1.98. The molecule has 5 heteroatoms. The van der Waals surface area contributed by atoms with Crippen molar-refractivity contribution in [2.24, 2.45) is 0 Å². The third-order valence-electron chi connectivity index (χ3n) is 2.72. The maximum Gasteiger partial charge on any atom is 0.0551 e. The molecule has 0 bridgehead atoms. The molecule has 0 saturated carbocycles. The molecule has 1 aromatic carbocycles. The molecular weight excluding hydrogens is 397 g/mol. The van der Waals surface area contributed by atoms with Crippen molar-refractivity contribution in [3.05, 3.63) is 54.1 Å². The molecule has 0 aliphatic heterocycles. The van der Waals surface area contributed by atoms with Gasteiger partial charge in [-0.1, -0.05) is 17.7 Å². The first-order valence-electron chi connectivity index (χ1n) is 5.45. The summed E-state index contributed by atoms with van der Waals surface area (Å²) in [5.41, 5.74) is 1.20. The lowest BCUT2D eigenvalue weighted by molar-refractivity contribution is 0.596. The highest BCUT2D eigenvalue weighted by Gasteiger charge is 2.12. The molecule has 0 saturated heterocycles. The van der Waals surface area contributed by atoms with Gasteiger partial charge in [0.15, 0.2) is 0 Å². The Balaban J connectivity index is 2.19. The van der Waals surface area contributed by atoms with Crippen LogP contribution in [0.1, 0.15) is 16.5 Å². The standard InChI is InChI=1S/C13H12Br2ClNS/c1-17-13(6-10-5-9(14)7-18-10)8-2-3-11(15)12(16)4-8/h2-5,7,13,17H,6H2,1H3. The Labute approximate surface area is 133 Å². The zero-order valence-corrected chi connectivity index (χ0v) is 14.5. The van der Waals surface area contributed by atoms with Crippen LogP contribution < -0.4 is 5.32 Å². The van der Waals surface area contributed by atoms with Crippen molar-refractivity contribution in [2.45, 2.75) is 12.5 Å². The van der Waals surface area contributed by atoms with Crippen LogP contribution in [-0.2, 0) is 6.42 Å². The van der Waals surface area contributed by atoms with Gasteiger partial charge in [0.25, 0.3) is 0 Å². The molecule has 1 N–H and O–H groups in total. The summed E-state index contributed by atoms with van der Waals surface area (Å²) in [6.45, 7) is 0. The Bertz CT molecular complexity index is 542. The van der Waals surface area contributed by atoms with Gasteiger partial charge in [-0.15, -0.1) is 11.3 Å². The van der Waals surface area contributed by atoms with Gasteiger partial charge in [-0.3, -0.25) is 0 Å². The van der Waals surface area contributed by atoms with Crippen LogP contribution in [0.5, 0.6) is 0 Å². The molecular formula is C13H12Br2ClNS. The van der Waals surface area contributed by atoms with Gasteiger partial charge in [0, 0.05) is 31.7 Å². The Morgan fingerprint density at radius 3 is 2.67 bits per heavy atom. The van der Waals surface area contributed by atoms with Crippen molar-refractivity contribution < 1.29 is 0 Å². The van der Waals surface area contributed by atoms with Crippen LogP contribution in [0, 0.1) is 0 Å². The third kappa shape index (κ3) is 3.58. The predicted molar refractivity (Wildman–Crippen MR) is 86.7 cm³/mol. The van der Waals surface area contributed by atoms with Crippen LogP contribution in [-0.4, -0.2) is 7.05 Å². The van der Waals surface area contributed by atoms with Crippen molar-refractivity contribution >= 4 is 54.8 Å². The van der Waals surface area contributed by atoms with Crippen molar-refractivity contribution in [3.63, 3.8) is 0 Å². The summed E-state index contributed by atoms with van der Waals surface area (Å²) >= 11 is 14.8. The molecule has 2 rings (SSSR count). The van der Waals surface area contributed by atoms with Crippen LogP contribution >= 0.6 is 54.8 Å². The number of benzene rings is 1. The molecule has 0 spiro atoms. The minimum absolute atomic E-state index is 0.279. The van der Waals surface area contributed by atoms with Gasteiger partial charge >= 0.3 is 0 Å². The molecule has 96 valence electrons. The van der Waals surface area contributed by atoms with Crippen molar-refractivity contribution in [3.8, 4) is 0 Å². The topological polar surface area (TPSA) is 12.0 Å². The molecule has 2 aromatic rings. The number of likely N-dealkylation sites (N-methyl/N-ethyl adjacent to an activating group) is 1. The van der Waals surface area contributed by atoms with E-state index in [1.807, 2.05) is 19.2 Å². The van der Waals surface area contributed by atoms with Gasteiger partial charge in [0.2, 0.25) is 0 Å². The zero-order chi connectivity index (χ0) is 13.1. The monoisotopic (exact) mass is 407 g/mol. The summed E-state index contributed by atoms with van der Waals surface area (Å²) in [5.74, 6) is 0. The molecule has 1 nitrogen and oxygen atoms in total. The van der Waals surface area contributed by atoms with E-state index in [1.165, 1.54) is 10.4 Å². The molecule has 1 atom stereocenters. The number of rotatable bonds is 4. The molecule has 0 fully saturated rings. The average Bonchev–Trinajstić information content (AvgIpc) is 2.75. The van der Waals surface area contributed by atoms with Gasteiger partial charge in [-0.05, 0) is 62.7 Å². The quantitative estimate of drug-likeness (QED) is 0.710. The summed E-state index contributed by atoms with van der Waals surface area (Å²) in [6.07, 6.45) is 0.963. The largest absolute Gasteiger partial charge is 0.313 e. The van der Waals surface area contributed by atoms with Gasteiger partial charge in [-0.25, -0.2) is 0 Å². The first kappa shape index (κ1) is 14.5. The van der Waals surface area contributed by atoms with E-state index in [9.17, 15) is 0 Å². The lowest BCUT2D eigenvalue weighted by atomic mass is 10.0. The molecule has 18 heavy (non-hydrogen) atoms. The van der Waals surface area contributed by atoms with Gasteiger partial charge < -0.3 is 5.32 Å². The molecule has 1 heterocycles. The van der Waals surface area contributed by atoms with Gasteiger partial charge in [0.1, 0.15) is 0 Å². The predicted octanol–water partition coefficient (Wildman–Crippen LogP) is 5.43. The van der Waals surface area contributed by atoms with Crippen LogP contribution in [0.4, 0.5) is 0 Å².